The van der Waals surface area contributed by atoms with Crippen LogP contribution in [0.1, 0.15) is 44.2 Å². The van der Waals surface area contributed by atoms with Crippen molar-refractivity contribution in [1.29, 1.82) is 0 Å². The number of benzene rings is 2. The number of rotatable bonds is 5. The Hall–Kier alpha value is -2.64. The lowest BCUT2D eigenvalue weighted by atomic mass is 10.1. The lowest BCUT2D eigenvalue weighted by Crippen LogP contribution is -2.47. The fourth-order valence-electron chi connectivity index (χ4n) is 5.02. The summed E-state index contributed by atoms with van der Waals surface area (Å²) in [6, 6.07) is 13.5. The Kier molecular flexibility index (Phi) is 5.79. The van der Waals surface area contributed by atoms with E-state index in [9.17, 15) is 13.2 Å². The summed E-state index contributed by atoms with van der Waals surface area (Å²) in [5, 5.41) is 3.33. The Morgan fingerprint density at radius 2 is 1.67 bits per heavy atom. The molecule has 5 rings (SSSR count). The first-order valence-corrected chi connectivity index (χ1v) is 13.2. The molecule has 1 saturated carbocycles. The second-order valence-corrected chi connectivity index (χ2v) is 11.6. The van der Waals surface area contributed by atoms with Gasteiger partial charge in [-0.05, 0) is 80.6 Å². The number of fused-ring (bicyclic) bond motifs is 1. The number of hydrogen-bond donors (Lipinski definition) is 1. The zero-order valence-electron chi connectivity index (χ0n) is 18.3. The predicted molar refractivity (Wildman–Crippen MR) is 129 cm³/mol. The van der Waals surface area contributed by atoms with E-state index in [4.69, 9.17) is 11.6 Å². The number of imidazole rings is 1. The molecule has 1 aromatic heterocycles. The molecule has 1 N–H and O–H groups in total. The zero-order valence-corrected chi connectivity index (χ0v) is 19.8. The molecule has 0 atom stereocenters. The van der Waals surface area contributed by atoms with E-state index in [0.717, 1.165) is 30.8 Å². The second kappa shape index (κ2) is 8.61. The molecule has 0 radical (unpaired) electrons. The van der Waals surface area contributed by atoms with Crippen molar-refractivity contribution in [3.05, 3.63) is 65.4 Å². The highest BCUT2D eigenvalue weighted by atomic mass is 35.5. The van der Waals surface area contributed by atoms with E-state index in [1.807, 2.05) is 30.5 Å². The average molecular weight is 484 g/mol. The fourth-order valence-corrected chi connectivity index (χ4v) is 7.21. The molecule has 3 aromatic rings. The molecule has 1 fully saturated rings. The van der Waals surface area contributed by atoms with E-state index in [2.05, 4.69) is 14.9 Å². The number of carbonyl (C=O) groups is 1. The number of nitrogens with zero attached hydrogens (tertiary/aromatic N) is 2. The summed E-state index contributed by atoms with van der Waals surface area (Å²) in [5.74, 6) is 0.459. The minimum atomic E-state index is -3.87. The third-order valence-corrected chi connectivity index (χ3v) is 9.63. The molecule has 1 amide bonds. The largest absolute Gasteiger partial charge is 0.328 e. The monoisotopic (exact) mass is 483 g/mol. The summed E-state index contributed by atoms with van der Waals surface area (Å²) in [5.41, 5.74) is 2.81. The van der Waals surface area contributed by atoms with Gasteiger partial charge in [-0.15, -0.1) is 0 Å². The third kappa shape index (κ3) is 3.87. The highest BCUT2D eigenvalue weighted by Crippen LogP contribution is 2.41. The molecule has 1 aliphatic carbocycles. The highest BCUT2D eigenvalue weighted by molar-refractivity contribution is 7.93. The number of anilines is 1. The molecular formula is C25H26ClN3O3S. The van der Waals surface area contributed by atoms with Gasteiger partial charge in [0.05, 0.1) is 4.90 Å². The van der Waals surface area contributed by atoms with Crippen LogP contribution in [0.2, 0.25) is 5.02 Å². The molecule has 33 heavy (non-hydrogen) atoms. The summed E-state index contributed by atoms with van der Waals surface area (Å²) in [6.07, 6.45) is 7.34. The standard InChI is InChI=1S/C25H26ClN3O3S/c26-19-8-12-22(13-9-19)33(31,32)25(14-2-3-15-25)24(30)28-20-10-6-18(7-11-20)23-27-17-21-5-1-4-16-29(21)23/h6-13,17H,1-5,14-16H2,(H,28,30). The minimum Gasteiger partial charge on any atom is -0.328 e. The molecule has 2 aliphatic rings. The van der Waals surface area contributed by atoms with Crippen LogP contribution in [0.3, 0.4) is 0 Å². The van der Waals surface area contributed by atoms with Crippen LogP contribution in [0.5, 0.6) is 0 Å². The van der Waals surface area contributed by atoms with Gasteiger partial charge in [0.1, 0.15) is 5.82 Å². The normalized spacial score (nSPS) is 17.5. The van der Waals surface area contributed by atoms with Crippen molar-refractivity contribution in [3.63, 3.8) is 0 Å². The zero-order chi connectivity index (χ0) is 23.1. The van der Waals surface area contributed by atoms with Crippen molar-refractivity contribution in [2.75, 3.05) is 5.32 Å². The molecule has 0 bridgehead atoms. The van der Waals surface area contributed by atoms with Crippen molar-refractivity contribution >= 4 is 33.0 Å². The van der Waals surface area contributed by atoms with Crippen molar-refractivity contribution in [2.45, 2.75) is 61.1 Å². The van der Waals surface area contributed by atoms with Crippen molar-refractivity contribution in [2.24, 2.45) is 0 Å². The predicted octanol–water partition coefficient (Wildman–Crippen LogP) is 5.27. The maximum Gasteiger partial charge on any atom is 0.246 e. The van der Waals surface area contributed by atoms with Crippen LogP contribution in [0.25, 0.3) is 11.4 Å². The van der Waals surface area contributed by atoms with Gasteiger partial charge in [-0.3, -0.25) is 4.79 Å². The number of halogens is 1. The van der Waals surface area contributed by atoms with Crippen LogP contribution in [-0.2, 0) is 27.6 Å². The van der Waals surface area contributed by atoms with Gasteiger partial charge in [0.25, 0.3) is 0 Å². The van der Waals surface area contributed by atoms with Gasteiger partial charge >= 0.3 is 0 Å². The number of aryl methyl sites for hydroxylation is 1. The van der Waals surface area contributed by atoms with Crippen LogP contribution in [-0.4, -0.2) is 28.6 Å². The molecule has 2 heterocycles. The van der Waals surface area contributed by atoms with Crippen LogP contribution in [0.15, 0.2) is 59.6 Å². The summed E-state index contributed by atoms with van der Waals surface area (Å²) in [7, 11) is -3.87. The maximum atomic E-state index is 13.5. The highest BCUT2D eigenvalue weighted by Gasteiger charge is 2.52. The number of amides is 1. The third-order valence-electron chi connectivity index (χ3n) is 6.87. The van der Waals surface area contributed by atoms with E-state index in [-0.39, 0.29) is 4.90 Å². The average Bonchev–Trinajstić information content (AvgIpc) is 3.49. The second-order valence-electron chi connectivity index (χ2n) is 8.87. The molecule has 0 saturated heterocycles. The summed E-state index contributed by atoms with van der Waals surface area (Å²) >= 11 is 5.93. The number of hydrogen-bond acceptors (Lipinski definition) is 4. The number of nitrogens with one attached hydrogen (secondary N) is 1. The van der Waals surface area contributed by atoms with Crippen LogP contribution in [0, 0.1) is 0 Å². The molecule has 6 nitrogen and oxygen atoms in total. The van der Waals surface area contributed by atoms with Gasteiger partial charge in [-0.1, -0.05) is 24.4 Å². The van der Waals surface area contributed by atoms with E-state index in [1.54, 1.807) is 12.1 Å². The quantitative estimate of drug-likeness (QED) is 0.536. The Morgan fingerprint density at radius 3 is 2.36 bits per heavy atom. The Bertz CT molecular complexity index is 1280. The first-order valence-electron chi connectivity index (χ1n) is 11.4. The first-order chi connectivity index (χ1) is 15.9. The smallest absolute Gasteiger partial charge is 0.246 e. The first kappa shape index (κ1) is 22.2. The van der Waals surface area contributed by atoms with Crippen LogP contribution < -0.4 is 5.32 Å². The van der Waals surface area contributed by atoms with Gasteiger partial charge in [-0.25, -0.2) is 13.4 Å². The molecule has 2 aromatic carbocycles. The summed E-state index contributed by atoms with van der Waals surface area (Å²) < 4.78 is 27.8. The molecule has 0 unspecified atom stereocenters. The number of carbonyl (C=O) groups excluding carboxylic acids is 1. The van der Waals surface area contributed by atoms with Gasteiger partial charge in [-0.2, -0.15) is 0 Å². The maximum absolute atomic E-state index is 13.5. The molecule has 1 aliphatic heterocycles. The van der Waals surface area contributed by atoms with Crippen LogP contribution in [0.4, 0.5) is 5.69 Å². The molecular weight excluding hydrogens is 458 g/mol. The van der Waals surface area contributed by atoms with Gasteiger partial charge in [0, 0.05) is 34.7 Å². The molecule has 0 spiro atoms. The van der Waals surface area contributed by atoms with Gasteiger partial charge < -0.3 is 9.88 Å². The summed E-state index contributed by atoms with van der Waals surface area (Å²) in [4.78, 5) is 18.1. The van der Waals surface area contributed by atoms with Crippen molar-refractivity contribution in [3.8, 4) is 11.4 Å². The summed E-state index contributed by atoms with van der Waals surface area (Å²) in [6.45, 7) is 0.966. The lowest BCUT2D eigenvalue weighted by Gasteiger charge is -2.27. The Balaban J connectivity index is 1.40. The van der Waals surface area contributed by atoms with E-state index in [0.29, 0.717) is 36.4 Å². The van der Waals surface area contributed by atoms with E-state index < -0.39 is 20.5 Å². The number of aromatic nitrogens is 2. The van der Waals surface area contributed by atoms with Crippen molar-refractivity contribution < 1.29 is 13.2 Å². The molecule has 8 heteroatoms. The van der Waals surface area contributed by atoms with Gasteiger partial charge in [0.15, 0.2) is 14.6 Å². The Morgan fingerprint density at radius 1 is 0.970 bits per heavy atom. The van der Waals surface area contributed by atoms with E-state index in [1.165, 1.54) is 24.2 Å². The minimum absolute atomic E-state index is 0.128. The molecule has 172 valence electrons. The topological polar surface area (TPSA) is 81.1 Å². The Labute approximate surface area is 198 Å². The lowest BCUT2D eigenvalue weighted by molar-refractivity contribution is -0.118. The SMILES string of the molecule is O=C(Nc1ccc(-c2ncc3n2CCCC3)cc1)C1(S(=O)(=O)c2ccc(Cl)cc2)CCCC1. The van der Waals surface area contributed by atoms with Gasteiger partial charge in [0.2, 0.25) is 5.91 Å². The van der Waals surface area contributed by atoms with Crippen LogP contribution >= 0.6 is 11.6 Å². The van der Waals surface area contributed by atoms with Crippen molar-refractivity contribution in [1.82, 2.24) is 9.55 Å². The fraction of sp³-hybridized carbons (Fsp3) is 0.360. The van der Waals surface area contributed by atoms with E-state index >= 15 is 0 Å². The number of sulfone groups is 1.